The molecule has 5 heteroatoms. The molecule has 3 aromatic rings. The summed E-state index contributed by atoms with van der Waals surface area (Å²) >= 11 is 0. The van der Waals surface area contributed by atoms with Crippen molar-refractivity contribution in [1.82, 2.24) is 15.2 Å². The zero-order valence-corrected chi connectivity index (χ0v) is 11.0. The van der Waals surface area contributed by atoms with E-state index >= 15 is 0 Å². The molecule has 0 saturated carbocycles. The predicted molar refractivity (Wildman–Crippen MR) is 77.5 cm³/mol. The molecular weight excluding hydrogens is 252 g/mol. The minimum absolute atomic E-state index is 0.551. The van der Waals surface area contributed by atoms with Crippen LogP contribution < -0.4 is 10.5 Å². The van der Waals surface area contributed by atoms with E-state index in [9.17, 15) is 0 Å². The van der Waals surface area contributed by atoms with Crippen molar-refractivity contribution in [3.8, 4) is 22.9 Å². The smallest absolute Gasteiger partial charge is 0.219 e. The van der Waals surface area contributed by atoms with Crippen LogP contribution in [0.15, 0.2) is 48.8 Å². The Hall–Kier alpha value is -2.82. The number of para-hydroxylation sites is 1. The quantitative estimate of drug-likeness (QED) is 0.763. The van der Waals surface area contributed by atoms with Crippen molar-refractivity contribution in [2.45, 2.75) is 6.92 Å². The molecule has 2 aromatic heterocycles. The van der Waals surface area contributed by atoms with Gasteiger partial charge in [-0.2, -0.15) is 5.10 Å². The summed E-state index contributed by atoms with van der Waals surface area (Å²) in [5, 5.41) is 6.80. The molecule has 3 N–H and O–H groups in total. The van der Waals surface area contributed by atoms with Gasteiger partial charge in [-0.15, -0.1) is 0 Å². The number of hydrogen-bond donors (Lipinski definition) is 2. The monoisotopic (exact) mass is 266 g/mol. The molecule has 100 valence electrons. The number of hydrogen-bond acceptors (Lipinski definition) is 4. The van der Waals surface area contributed by atoms with Gasteiger partial charge in [0, 0.05) is 17.8 Å². The molecule has 0 unspecified atom stereocenters. The summed E-state index contributed by atoms with van der Waals surface area (Å²) in [5.41, 5.74) is 9.17. The van der Waals surface area contributed by atoms with Crippen LogP contribution in [-0.2, 0) is 0 Å². The number of benzene rings is 1. The van der Waals surface area contributed by atoms with Crippen molar-refractivity contribution in [3.05, 3.63) is 54.4 Å². The van der Waals surface area contributed by atoms with Crippen molar-refractivity contribution in [1.29, 1.82) is 0 Å². The molecule has 0 bridgehead atoms. The van der Waals surface area contributed by atoms with Gasteiger partial charge in [0.05, 0.1) is 17.6 Å². The number of aromatic nitrogens is 3. The highest BCUT2D eigenvalue weighted by molar-refractivity contribution is 5.73. The SMILES string of the molecule is Cc1cc(Oc2ccccc2)ncc1-c1[nH]ncc1N. The minimum atomic E-state index is 0.551. The first-order valence-electron chi connectivity index (χ1n) is 6.23. The van der Waals surface area contributed by atoms with E-state index in [1.54, 1.807) is 12.4 Å². The number of nitrogens with one attached hydrogen (secondary N) is 1. The van der Waals surface area contributed by atoms with Crippen LogP contribution in [0, 0.1) is 6.92 Å². The fraction of sp³-hybridized carbons (Fsp3) is 0.0667. The lowest BCUT2D eigenvalue weighted by molar-refractivity contribution is 0.462. The van der Waals surface area contributed by atoms with Gasteiger partial charge in [-0.25, -0.2) is 4.98 Å². The number of rotatable bonds is 3. The Labute approximate surface area is 116 Å². The van der Waals surface area contributed by atoms with Gasteiger partial charge in [0.2, 0.25) is 5.88 Å². The van der Waals surface area contributed by atoms with Crippen LogP contribution in [0.2, 0.25) is 0 Å². The van der Waals surface area contributed by atoms with Gasteiger partial charge in [-0.05, 0) is 24.6 Å². The summed E-state index contributed by atoms with van der Waals surface area (Å²) < 4.78 is 5.69. The van der Waals surface area contributed by atoms with E-state index in [0.717, 1.165) is 22.6 Å². The molecule has 0 aliphatic heterocycles. The van der Waals surface area contributed by atoms with E-state index < -0.39 is 0 Å². The van der Waals surface area contributed by atoms with E-state index in [1.807, 2.05) is 43.3 Å². The Morgan fingerprint density at radius 2 is 1.95 bits per heavy atom. The van der Waals surface area contributed by atoms with Gasteiger partial charge in [0.1, 0.15) is 5.75 Å². The first-order valence-corrected chi connectivity index (χ1v) is 6.23. The maximum atomic E-state index is 5.85. The summed E-state index contributed by atoms with van der Waals surface area (Å²) in [6.07, 6.45) is 3.32. The molecule has 1 aromatic carbocycles. The molecule has 0 radical (unpaired) electrons. The number of nitrogens with zero attached hydrogens (tertiary/aromatic N) is 2. The lowest BCUT2D eigenvalue weighted by Crippen LogP contribution is -1.93. The third-order valence-electron chi connectivity index (χ3n) is 2.99. The van der Waals surface area contributed by atoms with Gasteiger partial charge in [-0.3, -0.25) is 5.10 Å². The van der Waals surface area contributed by atoms with Gasteiger partial charge in [0.25, 0.3) is 0 Å². The highest BCUT2D eigenvalue weighted by atomic mass is 16.5. The van der Waals surface area contributed by atoms with Crippen LogP contribution in [0.5, 0.6) is 11.6 Å². The Morgan fingerprint density at radius 3 is 2.60 bits per heavy atom. The van der Waals surface area contributed by atoms with E-state index in [4.69, 9.17) is 10.5 Å². The number of nitrogens with two attached hydrogens (primary N) is 1. The Kier molecular flexibility index (Phi) is 3.09. The Bertz CT molecular complexity index is 722. The van der Waals surface area contributed by atoms with Crippen LogP contribution in [0.3, 0.4) is 0 Å². The fourth-order valence-electron chi connectivity index (χ4n) is 1.97. The third kappa shape index (κ3) is 2.33. The maximum absolute atomic E-state index is 5.85. The number of aryl methyl sites for hydroxylation is 1. The van der Waals surface area contributed by atoms with E-state index in [1.165, 1.54) is 0 Å². The third-order valence-corrected chi connectivity index (χ3v) is 2.99. The predicted octanol–water partition coefficient (Wildman–Crippen LogP) is 3.15. The zero-order chi connectivity index (χ0) is 13.9. The maximum Gasteiger partial charge on any atom is 0.219 e. The summed E-state index contributed by atoms with van der Waals surface area (Å²) in [4.78, 5) is 4.31. The number of pyridine rings is 1. The standard InChI is InChI=1S/C15H14N4O/c1-10-7-14(20-11-5-3-2-4-6-11)17-8-12(10)15-13(16)9-18-19-15/h2-9H,16H2,1H3,(H,18,19). The van der Waals surface area contributed by atoms with Crippen LogP contribution in [-0.4, -0.2) is 15.2 Å². The van der Waals surface area contributed by atoms with Crippen molar-refractivity contribution in [2.75, 3.05) is 5.73 Å². The zero-order valence-electron chi connectivity index (χ0n) is 11.0. The van der Waals surface area contributed by atoms with Crippen LogP contribution in [0.25, 0.3) is 11.3 Å². The summed E-state index contributed by atoms with van der Waals surface area (Å²) in [6, 6.07) is 11.4. The van der Waals surface area contributed by atoms with Crippen LogP contribution in [0.4, 0.5) is 5.69 Å². The number of ether oxygens (including phenoxy) is 1. The summed E-state index contributed by atoms with van der Waals surface area (Å²) in [5.74, 6) is 1.31. The largest absolute Gasteiger partial charge is 0.439 e. The second kappa shape index (κ2) is 5.05. The molecule has 0 aliphatic carbocycles. The minimum Gasteiger partial charge on any atom is -0.439 e. The van der Waals surface area contributed by atoms with Crippen molar-refractivity contribution < 1.29 is 4.74 Å². The van der Waals surface area contributed by atoms with Crippen molar-refractivity contribution in [2.24, 2.45) is 0 Å². The lowest BCUT2D eigenvalue weighted by atomic mass is 10.1. The van der Waals surface area contributed by atoms with Gasteiger partial charge in [0.15, 0.2) is 0 Å². The molecule has 3 rings (SSSR count). The molecule has 0 fully saturated rings. The van der Waals surface area contributed by atoms with Crippen molar-refractivity contribution >= 4 is 5.69 Å². The molecular formula is C15H14N4O. The molecule has 20 heavy (non-hydrogen) atoms. The summed E-state index contributed by atoms with van der Waals surface area (Å²) in [6.45, 7) is 1.98. The molecule has 0 spiro atoms. The molecule has 2 heterocycles. The number of aromatic amines is 1. The number of anilines is 1. The molecule has 0 saturated heterocycles. The van der Waals surface area contributed by atoms with E-state index in [2.05, 4.69) is 15.2 Å². The lowest BCUT2D eigenvalue weighted by Gasteiger charge is -2.08. The Balaban J connectivity index is 1.90. The average molecular weight is 266 g/mol. The normalized spacial score (nSPS) is 10.4. The van der Waals surface area contributed by atoms with E-state index in [0.29, 0.717) is 11.6 Å². The second-order valence-corrected chi connectivity index (χ2v) is 4.45. The summed E-state index contributed by atoms with van der Waals surface area (Å²) in [7, 11) is 0. The Morgan fingerprint density at radius 1 is 1.15 bits per heavy atom. The van der Waals surface area contributed by atoms with Crippen LogP contribution >= 0.6 is 0 Å². The average Bonchev–Trinajstić information content (AvgIpc) is 2.86. The van der Waals surface area contributed by atoms with Gasteiger partial charge >= 0.3 is 0 Å². The van der Waals surface area contributed by atoms with Gasteiger partial charge < -0.3 is 10.5 Å². The molecule has 0 amide bonds. The van der Waals surface area contributed by atoms with Crippen molar-refractivity contribution in [3.63, 3.8) is 0 Å². The molecule has 0 aliphatic rings. The first-order chi connectivity index (χ1) is 9.74. The van der Waals surface area contributed by atoms with E-state index in [-0.39, 0.29) is 0 Å². The molecule has 5 nitrogen and oxygen atoms in total. The van der Waals surface area contributed by atoms with Gasteiger partial charge in [-0.1, -0.05) is 18.2 Å². The highest BCUT2D eigenvalue weighted by Crippen LogP contribution is 2.28. The van der Waals surface area contributed by atoms with Crippen LogP contribution in [0.1, 0.15) is 5.56 Å². The second-order valence-electron chi connectivity index (χ2n) is 4.45. The molecule has 0 atom stereocenters. The fourth-order valence-corrected chi connectivity index (χ4v) is 1.97. The topological polar surface area (TPSA) is 76.8 Å². The number of nitrogen functional groups attached to an aromatic ring is 1. The first kappa shape index (κ1) is 12.2. The highest BCUT2D eigenvalue weighted by Gasteiger charge is 2.10. The number of H-pyrrole nitrogens is 1.